The van der Waals surface area contributed by atoms with E-state index in [1.807, 2.05) is 0 Å². The second kappa shape index (κ2) is 16.6. The normalized spacial score (nSPS) is 26.0. The Morgan fingerprint density at radius 3 is 1.67 bits per heavy atom. The van der Waals surface area contributed by atoms with E-state index in [-0.39, 0.29) is 13.2 Å². The van der Waals surface area contributed by atoms with Gasteiger partial charge < -0.3 is 18.8 Å². The van der Waals surface area contributed by atoms with Crippen LogP contribution < -0.4 is 9.79 Å². The Morgan fingerprint density at radius 1 is 1.00 bits per heavy atom. The van der Waals surface area contributed by atoms with Crippen molar-refractivity contribution in [1.82, 2.24) is 4.90 Å². The van der Waals surface area contributed by atoms with E-state index >= 15 is 0 Å². The molecule has 1 fully saturated rings. The number of hydrogen-bond acceptors (Lipinski definition) is 5. The monoisotopic (exact) mass is 450 g/mol. The number of unbranched alkanes of at least 4 members (excludes halogenated alkanes) is 2. The van der Waals surface area contributed by atoms with E-state index in [2.05, 4.69) is 60.5 Å². The molecule has 1 rings (SSSR count). The first-order valence-corrected chi connectivity index (χ1v) is 13.7. The maximum atomic E-state index is 11.8. The van der Waals surface area contributed by atoms with Gasteiger partial charge in [-0.15, -0.1) is 0 Å². The minimum Gasteiger partial charge on any atom is -0.756 e. The van der Waals surface area contributed by atoms with Crippen LogP contribution in [0.15, 0.2) is 0 Å². The molecule has 0 aromatic heterocycles. The summed E-state index contributed by atoms with van der Waals surface area (Å²) in [5.74, 6) is 0.607. The maximum Gasteiger partial charge on any atom is 0.267 e. The molecule has 1 heterocycles. The third-order valence-corrected chi connectivity index (χ3v) is 7.59. The van der Waals surface area contributed by atoms with Crippen molar-refractivity contribution in [2.45, 2.75) is 105 Å². The molecule has 0 spiro atoms. The first kappa shape index (κ1) is 30.0. The van der Waals surface area contributed by atoms with Gasteiger partial charge in [-0.2, -0.15) is 0 Å². The van der Waals surface area contributed by atoms with Crippen molar-refractivity contribution in [2.24, 2.45) is 11.8 Å². The molecule has 0 saturated carbocycles. The van der Waals surface area contributed by atoms with Crippen LogP contribution in [0.2, 0.25) is 0 Å². The summed E-state index contributed by atoms with van der Waals surface area (Å²) in [6.07, 6.45) is 9.08. The van der Waals surface area contributed by atoms with Crippen LogP contribution in [-0.2, 0) is 13.6 Å². The first-order chi connectivity index (χ1) is 14.1. The molecule has 0 aromatic rings. The molecule has 1 saturated heterocycles. The summed E-state index contributed by atoms with van der Waals surface area (Å²) in [6, 6.07) is 0.764. The fourth-order valence-electron chi connectivity index (χ4n) is 3.74. The van der Waals surface area contributed by atoms with Crippen LogP contribution in [0.5, 0.6) is 0 Å². The van der Waals surface area contributed by atoms with E-state index in [0.29, 0.717) is 18.0 Å². The standard InChI is InChI=1S/C16H35O4P.C7H16N2/c1-5-9-11-15(7-3)13-19-21(17,18)20-14-16(8-4)12-10-6-2;1-6-5-8(3)7(2)9(6)4/h15-16H,5-14H2,1-4H3,(H,17,18);6-7H,5H2,1-4H3. The molecule has 1 aliphatic rings. The Bertz CT molecular complexity index is 430. The highest BCUT2D eigenvalue weighted by atomic mass is 31.2. The lowest BCUT2D eigenvalue weighted by Gasteiger charge is -2.27. The van der Waals surface area contributed by atoms with Crippen LogP contribution in [0.4, 0.5) is 0 Å². The van der Waals surface area contributed by atoms with E-state index in [9.17, 15) is 9.46 Å². The van der Waals surface area contributed by atoms with Gasteiger partial charge in [-0.3, -0.25) is 4.57 Å². The number of rotatable bonds is 14. The van der Waals surface area contributed by atoms with Crippen LogP contribution in [-0.4, -0.2) is 51.0 Å². The zero-order chi connectivity index (χ0) is 23.2. The Hall–Kier alpha value is 0.0300. The summed E-state index contributed by atoms with van der Waals surface area (Å²) in [4.78, 5) is 15.9. The van der Waals surface area contributed by atoms with Gasteiger partial charge >= 0.3 is 0 Å². The lowest BCUT2D eigenvalue weighted by Crippen LogP contribution is -3.11. The number of nitrogens with zero attached hydrogens (tertiary/aromatic N) is 1. The third-order valence-electron chi connectivity index (χ3n) is 6.66. The van der Waals surface area contributed by atoms with Gasteiger partial charge in [-0.1, -0.05) is 66.2 Å². The van der Waals surface area contributed by atoms with E-state index in [1.165, 1.54) is 6.54 Å². The summed E-state index contributed by atoms with van der Waals surface area (Å²) in [5.41, 5.74) is 0. The topological polar surface area (TPSA) is 66.3 Å². The second-order valence-corrected chi connectivity index (χ2v) is 10.5. The molecule has 1 aliphatic heterocycles. The van der Waals surface area contributed by atoms with Gasteiger partial charge in [0.2, 0.25) is 0 Å². The zero-order valence-electron chi connectivity index (χ0n) is 21.1. The van der Waals surface area contributed by atoms with Crippen LogP contribution in [0, 0.1) is 11.8 Å². The van der Waals surface area contributed by atoms with E-state index in [4.69, 9.17) is 9.05 Å². The van der Waals surface area contributed by atoms with Crippen molar-refractivity contribution in [3.8, 4) is 0 Å². The minimum absolute atomic E-state index is 0.253. The number of phosphoric acid groups is 1. The smallest absolute Gasteiger partial charge is 0.267 e. The average molecular weight is 451 g/mol. The van der Waals surface area contributed by atoms with Crippen molar-refractivity contribution in [3.05, 3.63) is 0 Å². The Labute approximate surface area is 187 Å². The van der Waals surface area contributed by atoms with Gasteiger partial charge in [0, 0.05) is 6.92 Å². The first-order valence-electron chi connectivity index (χ1n) is 12.3. The van der Waals surface area contributed by atoms with Crippen molar-refractivity contribution >= 4 is 7.82 Å². The van der Waals surface area contributed by atoms with Gasteiger partial charge in [-0.25, -0.2) is 4.90 Å². The molecule has 0 aliphatic carbocycles. The summed E-state index contributed by atoms with van der Waals surface area (Å²) in [7, 11) is 0.314. The lowest BCUT2D eigenvalue weighted by molar-refractivity contribution is -0.896. The molecule has 6 nitrogen and oxygen atoms in total. The predicted molar refractivity (Wildman–Crippen MR) is 125 cm³/mol. The molecule has 7 heteroatoms. The SMILES string of the molecule is CC1C[NH+](C)C(C)N1C.CCCCC(CC)COP(=O)([O-])OCC(CC)CCCC. The summed E-state index contributed by atoms with van der Waals surface area (Å²) in [5, 5.41) is 0. The molecule has 182 valence electrons. The quantitative estimate of drug-likeness (QED) is 0.404. The van der Waals surface area contributed by atoms with E-state index in [1.54, 1.807) is 4.90 Å². The molecular weight excluding hydrogens is 399 g/mol. The number of hydrogen-bond donors (Lipinski definition) is 1. The lowest BCUT2D eigenvalue weighted by atomic mass is 10.0. The summed E-state index contributed by atoms with van der Waals surface area (Å²) < 4.78 is 21.9. The molecule has 0 amide bonds. The molecule has 0 radical (unpaired) electrons. The number of phosphoric ester groups is 1. The van der Waals surface area contributed by atoms with Gasteiger partial charge in [0.1, 0.15) is 6.17 Å². The van der Waals surface area contributed by atoms with Crippen LogP contribution in [0.3, 0.4) is 0 Å². The van der Waals surface area contributed by atoms with E-state index < -0.39 is 7.82 Å². The van der Waals surface area contributed by atoms with Crippen molar-refractivity contribution in [1.29, 1.82) is 0 Å². The molecule has 1 N–H and O–H groups in total. The van der Waals surface area contributed by atoms with Crippen molar-refractivity contribution < 1.29 is 23.4 Å². The van der Waals surface area contributed by atoms with Gasteiger partial charge in [0.15, 0.2) is 0 Å². The van der Waals surface area contributed by atoms with Gasteiger partial charge in [0.25, 0.3) is 7.82 Å². The molecule has 0 bridgehead atoms. The predicted octanol–water partition coefficient (Wildman–Crippen LogP) is 4.10. The van der Waals surface area contributed by atoms with Gasteiger partial charge in [0.05, 0.1) is 32.8 Å². The van der Waals surface area contributed by atoms with E-state index in [0.717, 1.165) is 57.4 Å². The average Bonchev–Trinajstić information content (AvgIpc) is 2.94. The maximum absolute atomic E-state index is 11.8. The Morgan fingerprint density at radius 2 is 1.43 bits per heavy atom. The number of quaternary nitrogens is 1. The fraction of sp³-hybridized carbons (Fsp3) is 1.00. The molecule has 30 heavy (non-hydrogen) atoms. The van der Waals surface area contributed by atoms with Crippen molar-refractivity contribution in [3.63, 3.8) is 0 Å². The zero-order valence-corrected chi connectivity index (χ0v) is 22.0. The molecule has 5 unspecified atom stereocenters. The largest absolute Gasteiger partial charge is 0.756 e. The summed E-state index contributed by atoms with van der Waals surface area (Å²) in [6.45, 7) is 14.8. The fourth-order valence-corrected chi connectivity index (χ4v) is 4.60. The highest BCUT2D eigenvalue weighted by Crippen LogP contribution is 2.40. The van der Waals surface area contributed by atoms with Crippen LogP contribution >= 0.6 is 7.82 Å². The third kappa shape index (κ3) is 12.8. The van der Waals surface area contributed by atoms with Crippen LogP contribution in [0.1, 0.15) is 92.9 Å². The minimum atomic E-state index is -4.14. The molecular formula is C23H51N2O4P. The molecule has 0 aromatic carbocycles. The summed E-state index contributed by atoms with van der Waals surface area (Å²) >= 11 is 0. The highest BCUT2D eigenvalue weighted by Gasteiger charge is 2.31. The molecule has 5 atom stereocenters. The highest BCUT2D eigenvalue weighted by molar-refractivity contribution is 7.45. The van der Waals surface area contributed by atoms with Crippen LogP contribution in [0.25, 0.3) is 0 Å². The van der Waals surface area contributed by atoms with Crippen molar-refractivity contribution in [2.75, 3.05) is 33.9 Å². The second-order valence-electron chi connectivity index (χ2n) is 9.11. The Balaban J connectivity index is 0.000000769. The number of likely N-dealkylation sites (N-methyl/N-ethyl adjacent to an activating group) is 2. The van der Waals surface area contributed by atoms with Gasteiger partial charge in [-0.05, 0) is 38.6 Å². The Kier molecular flexibility index (Phi) is 16.7. The number of nitrogens with one attached hydrogen (secondary N) is 1.